The minimum atomic E-state index is -0.292. The highest BCUT2D eigenvalue weighted by Crippen LogP contribution is 2.33. The van der Waals surface area contributed by atoms with Gasteiger partial charge in [-0.1, -0.05) is 91.3 Å². The molecule has 0 aliphatic heterocycles. The Morgan fingerprint density at radius 2 is 1.52 bits per heavy atom. The van der Waals surface area contributed by atoms with Crippen LogP contribution in [0.3, 0.4) is 0 Å². The van der Waals surface area contributed by atoms with E-state index in [2.05, 4.69) is 72.7 Å². The fourth-order valence-electron chi connectivity index (χ4n) is 3.01. The number of rotatable bonds is 7. The molecular formula is C27H40O2. The molecule has 160 valence electrons. The van der Waals surface area contributed by atoms with E-state index in [0.717, 1.165) is 18.4 Å². The summed E-state index contributed by atoms with van der Waals surface area (Å²) < 4.78 is 4.97. The van der Waals surface area contributed by atoms with Crippen molar-refractivity contribution in [2.24, 2.45) is 0 Å². The maximum Gasteiger partial charge on any atom is 0.330 e. The van der Waals surface area contributed by atoms with Gasteiger partial charge in [0, 0.05) is 6.08 Å². The lowest BCUT2D eigenvalue weighted by Gasteiger charge is -2.26. The first-order valence-corrected chi connectivity index (χ1v) is 10.8. The van der Waals surface area contributed by atoms with Crippen LogP contribution in [0, 0.1) is 0 Å². The monoisotopic (exact) mass is 396 g/mol. The molecule has 29 heavy (non-hydrogen) atoms. The molecule has 0 fully saturated rings. The summed E-state index contributed by atoms with van der Waals surface area (Å²) in [6.45, 7) is 19.9. The van der Waals surface area contributed by atoms with Crippen LogP contribution >= 0.6 is 0 Å². The maximum atomic E-state index is 11.6. The molecule has 0 bridgehead atoms. The molecule has 1 aromatic carbocycles. The van der Waals surface area contributed by atoms with E-state index >= 15 is 0 Å². The van der Waals surface area contributed by atoms with Crippen molar-refractivity contribution in [2.45, 2.75) is 86.0 Å². The van der Waals surface area contributed by atoms with Gasteiger partial charge in [0.05, 0.1) is 6.61 Å². The molecule has 0 saturated heterocycles. The molecule has 0 aliphatic carbocycles. The first-order valence-electron chi connectivity index (χ1n) is 10.8. The Bertz CT molecular complexity index is 745. The summed E-state index contributed by atoms with van der Waals surface area (Å²) in [6.07, 6.45) is 9.82. The van der Waals surface area contributed by atoms with Crippen LogP contribution < -0.4 is 0 Å². The second-order valence-corrected chi connectivity index (χ2v) is 9.74. The summed E-state index contributed by atoms with van der Waals surface area (Å²) in [5.74, 6) is -0.292. The second kappa shape index (κ2) is 10.6. The normalized spacial score (nSPS) is 13.8. The van der Waals surface area contributed by atoms with Gasteiger partial charge >= 0.3 is 5.97 Å². The number of esters is 1. The third-order valence-electron chi connectivity index (χ3n) is 4.84. The van der Waals surface area contributed by atoms with Gasteiger partial charge in [-0.3, -0.25) is 0 Å². The smallest absolute Gasteiger partial charge is 0.330 e. The van der Waals surface area contributed by atoms with E-state index in [-0.39, 0.29) is 16.8 Å². The van der Waals surface area contributed by atoms with Crippen LogP contribution in [-0.4, -0.2) is 12.6 Å². The van der Waals surface area contributed by atoms with Crippen LogP contribution in [0.4, 0.5) is 0 Å². The largest absolute Gasteiger partial charge is 0.463 e. The van der Waals surface area contributed by atoms with Gasteiger partial charge in [0.25, 0.3) is 0 Å². The SMILES string of the molecule is CCC\C(=C/C=C/C(C)=C/C(=O)OCC)c1cc(C(C)(C)C)cc(C(C)(C)C)c1. The lowest BCUT2D eigenvalue weighted by Crippen LogP contribution is -2.17. The van der Waals surface area contributed by atoms with E-state index in [4.69, 9.17) is 4.74 Å². The summed E-state index contributed by atoms with van der Waals surface area (Å²) in [7, 11) is 0. The Morgan fingerprint density at radius 1 is 0.966 bits per heavy atom. The average molecular weight is 397 g/mol. The Morgan fingerprint density at radius 3 is 1.97 bits per heavy atom. The van der Waals surface area contributed by atoms with Gasteiger partial charge in [0.2, 0.25) is 0 Å². The summed E-state index contributed by atoms with van der Waals surface area (Å²) in [5, 5.41) is 0. The molecule has 0 unspecified atom stereocenters. The van der Waals surface area contributed by atoms with Crippen molar-refractivity contribution in [1.29, 1.82) is 0 Å². The Balaban J connectivity index is 3.35. The fraction of sp³-hybridized carbons (Fsp3) is 0.519. The summed E-state index contributed by atoms with van der Waals surface area (Å²) >= 11 is 0. The Labute approximate surface area is 178 Å². The van der Waals surface area contributed by atoms with Crippen molar-refractivity contribution in [2.75, 3.05) is 6.61 Å². The minimum absolute atomic E-state index is 0.0993. The van der Waals surface area contributed by atoms with Gasteiger partial charge in [-0.2, -0.15) is 0 Å². The number of carbonyl (C=O) groups is 1. The molecule has 0 heterocycles. The second-order valence-electron chi connectivity index (χ2n) is 9.74. The number of carbonyl (C=O) groups excluding carboxylic acids is 1. The molecule has 0 radical (unpaired) electrons. The van der Waals surface area contributed by atoms with E-state index in [9.17, 15) is 4.79 Å². The highest BCUT2D eigenvalue weighted by atomic mass is 16.5. The van der Waals surface area contributed by atoms with Gasteiger partial charge in [-0.05, 0) is 58.9 Å². The molecule has 0 saturated carbocycles. The predicted octanol–water partition coefficient (Wildman–Crippen LogP) is 7.53. The third-order valence-corrected chi connectivity index (χ3v) is 4.84. The number of hydrogen-bond acceptors (Lipinski definition) is 2. The van der Waals surface area contributed by atoms with E-state index in [1.165, 1.54) is 28.3 Å². The topological polar surface area (TPSA) is 26.3 Å². The van der Waals surface area contributed by atoms with Gasteiger partial charge in [-0.15, -0.1) is 0 Å². The number of benzene rings is 1. The van der Waals surface area contributed by atoms with Crippen LogP contribution in [-0.2, 0) is 20.4 Å². The molecule has 1 aromatic rings. The molecule has 1 rings (SSSR count). The molecule has 0 atom stereocenters. The molecule has 0 spiro atoms. The van der Waals surface area contributed by atoms with Crippen molar-refractivity contribution in [3.63, 3.8) is 0 Å². The first kappa shape index (κ1) is 24.9. The van der Waals surface area contributed by atoms with Crippen molar-refractivity contribution >= 4 is 11.5 Å². The first-order chi connectivity index (χ1) is 13.4. The standard InChI is InChI=1S/C27H40O2/c1-10-13-21(15-12-14-20(3)16-25(28)29-11-2)22-17-23(26(4,5)6)19-24(18-22)27(7,8)9/h12,14-19H,10-11,13H2,1-9H3/b14-12+,20-16+,21-15+. The number of hydrogen-bond donors (Lipinski definition) is 0. The van der Waals surface area contributed by atoms with E-state index in [0.29, 0.717) is 6.61 Å². The van der Waals surface area contributed by atoms with Crippen molar-refractivity contribution < 1.29 is 9.53 Å². The molecule has 0 aromatic heterocycles. The quantitative estimate of drug-likeness (QED) is 0.270. The van der Waals surface area contributed by atoms with Crippen LogP contribution in [0.5, 0.6) is 0 Å². The van der Waals surface area contributed by atoms with Gasteiger partial charge in [-0.25, -0.2) is 4.79 Å². The van der Waals surface area contributed by atoms with Crippen molar-refractivity contribution in [3.8, 4) is 0 Å². The number of allylic oxidation sites excluding steroid dienone is 5. The molecule has 0 aliphatic rings. The zero-order valence-corrected chi connectivity index (χ0v) is 20.0. The van der Waals surface area contributed by atoms with Crippen molar-refractivity contribution in [1.82, 2.24) is 0 Å². The Hall–Kier alpha value is -2.09. The summed E-state index contributed by atoms with van der Waals surface area (Å²) in [6, 6.07) is 7.03. The van der Waals surface area contributed by atoms with Crippen molar-refractivity contribution in [3.05, 3.63) is 64.8 Å². The fourth-order valence-corrected chi connectivity index (χ4v) is 3.01. The number of ether oxygens (including phenoxy) is 1. The van der Waals surface area contributed by atoms with E-state index < -0.39 is 0 Å². The molecule has 2 heteroatoms. The van der Waals surface area contributed by atoms with E-state index in [1.54, 1.807) is 0 Å². The van der Waals surface area contributed by atoms with Crippen LogP contribution in [0.2, 0.25) is 0 Å². The highest BCUT2D eigenvalue weighted by molar-refractivity contribution is 5.83. The van der Waals surface area contributed by atoms with Gasteiger partial charge in [0.15, 0.2) is 0 Å². The van der Waals surface area contributed by atoms with Gasteiger partial charge < -0.3 is 4.74 Å². The minimum Gasteiger partial charge on any atom is -0.463 e. The zero-order chi connectivity index (χ0) is 22.2. The molecule has 2 nitrogen and oxygen atoms in total. The predicted molar refractivity (Wildman–Crippen MR) is 126 cm³/mol. The van der Waals surface area contributed by atoms with Crippen LogP contribution in [0.25, 0.3) is 5.57 Å². The zero-order valence-electron chi connectivity index (χ0n) is 20.0. The van der Waals surface area contributed by atoms with E-state index in [1.807, 2.05) is 26.0 Å². The molecule has 0 amide bonds. The lowest BCUT2D eigenvalue weighted by atomic mass is 9.78. The van der Waals surface area contributed by atoms with Crippen LogP contribution in [0.15, 0.2) is 48.1 Å². The third kappa shape index (κ3) is 8.43. The lowest BCUT2D eigenvalue weighted by molar-refractivity contribution is -0.137. The maximum absolute atomic E-state index is 11.6. The summed E-state index contributed by atoms with van der Waals surface area (Å²) in [4.78, 5) is 11.6. The molecular weight excluding hydrogens is 356 g/mol. The highest BCUT2D eigenvalue weighted by Gasteiger charge is 2.21. The average Bonchev–Trinajstić information content (AvgIpc) is 2.59. The summed E-state index contributed by atoms with van der Waals surface area (Å²) in [5.41, 5.74) is 6.43. The van der Waals surface area contributed by atoms with Crippen LogP contribution in [0.1, 0.15) is 91.8 Å². The van der Waals surface area contributed by atoms with Gasteiger partial charge in [0.1, 0.15) is 0 Å². The molecule has 0 N–H and O–H groups in total. The Kier molecular flexibility index (Phi) is 9.14.